The molecule has 1 unspecified atom stereocenters. The van der Waals surface area contributed by atoms with Crippen molar-refractivity contribution in [1.29, 1.82) is 0 Å². The summed E-state index contributed by atoms with van der Waals surface area (Å²) in [6.07, 6.45) is 25.0. The highest BCUT2D eigenvalue weighted by Crippen LogP contribution is 2.44. The van der Waals surface area contributed by atoms with Crippen molar-refractivity contribution in [3.05, 3.63) is 84.1 Å². The number of nitrogens with zero attached hydrogens (tertiary/aromatic N) is 1. The number of rotatable bonds is 0. The van der Waals surface area contributed by atoms with Gasteiger partial charge >= 0.3 is 0 Å². The molecule has 0 aromatic heterocycles. The molecule has 2 heteroatoms. The Kier molecular flexibility index (Phi) is 2.84. The van der Waals surface area contributed by atoms with Gasteiger partial charge in [-0.3, -0.25) is 4.79 Å². The molecule has 0 radical (unpaired) electrons. The highest BCUT2D eigenvalue weighted by atomic mass is 16.1. The van der Waals surface area contributed by atoms with Crippen molar-refractivity contribution in [1.82, 2.24) is 0 Å². The summed E-state index contributed by atoms with van der Waals surface area (Å²) in [5, 5.41) is 0. The van der Waals surface area contributed by atoms with Gasteiger partial charge in [-0.1, -0.05) is 72.9 Å². The summed E-state index contributed by atoms with van der Waals surface area (Å²) in [6.45, 7) is 0. The lowest BCUT2D eigenvalue weighted by molar-refractivity contribution is -0.121. The minimum absolute atomic E-state index is 0.125. The van der Waals surface area contributed by atoms with Crippen LogP contribution in [0.5, 0.6) is 0 Å². The van der Waals surface area contributed by atoms with Crippen molar-refractivity contribution in [2.45, 2.75) is 0 Å². The van der Waals surface area contributed by atoms with Crippen LogP contribution in [0.4, 0.5) is 0 Å². The molecule has 1 atom stereocenters. The summed E-state index contributed by atoms with van der Waals surface area (Å²) in [5.74, 6) is -0.125. The molecule has 2 aliphatic carbocycles. The number of hydrogen-bond donors (Lipinski definition) is 0. The molecular weight excluding hydrogens is 234 g/mol. The number of amides is 1. The third kappa shape index (κ3) is 1.82. The zero-order valence-corrected chi connectivity index (χ0v) is 10.4. The number of carbonyl (C=O) groups excluding carboxylic acids is 1. The van der Waals surface area contributed by atoms with E-state index in [4.69, 9.17) is 0 Å². The van der Waals surface area contributed by atoms with Crippen molar-refractivity contribution in [2.24, 2.45) is 10.4 Å². The van der Waals surface area contributed by atoms with Gasteiger partial charge in [0.15, 0.2) is 0 Å². The lowest BCUT2D eigenvalue weighted by Gasteiger charge is -2.27. The summed E-state index contributed by atoms with van der Waals surface area (Å²) >= 11 is 0. The molecule has 19 heavy (non-hydrogen) atoms. The van der Waals surface area contributed by atoms with Gasteiger partial charge in [-0.2, -0.15) is 0 Å². The van der Waals surface area contributed by atoms with Gasteiger partial charge in [0.1, 0.15) is 5.41 Å². The van der Waals surface area contributed by atoms with E-state index >= 15 is 0 Å². The molecule has 92 valence electrons. The molecule has 3 rings (SSSR count). The number of hydrogen-bond acceptors (Lipinski definition) is 1. The summed E-state index contributed by atoms with van der Waals surface area (Å²) in [5.41, 5.74) is 1.13. The van der Waals surface area contributed by atoms with Crippen molar-refractivity contribution in [3.8, 4) is 0 Å². The Labute approximate surface area is 112 Å². The Hall–Kier alpha value is -2.48. The highest BCUT2D eigenvalue weighted by molar-refractivity contribution is 6.11. The lowest BCUT2D eigenvalue weighted by atomic mass is 9.72. The monoisotopic (exact) mass is 247 g/mol. The van der Waals surface area contributed by atoms with Gasteiger partial charge in [-0.15, -0.1) is 0 Å². The SMILES string of the molecule is O=C1N=CC2=CC=C/C3=C/C=C\C=C/C=C\C=C/C123. The van der Waals surface area contributed by atoms with Crippen LogP contribution in [0.1, 0.15) is 0 Å². The standard InChI is InChI=1S/C17H13NO/c19-16-17-12-7-5-3-1-2-4-6-9-14(17)10-8-11-15(17)13-18-16/h1-13H/b2-1-,5-3-,6-4-,12-7-,14-9-. The normalized spacial score (nSPS) is 37.2. The maximum absolute atomic E-state index is 12.3. The summed E-state index contributed by atoms with van der Waals surface area (Å²) in [4.78, 5) is 16.3. The fraction of sp³-hybridized carbons (Fsp3) is 0.0588. The van der Waals surface area contributed by atoms with Crippen LogP contribution in [0, 0.1) is 5.41 Å². The van der Waals surface area contributed by atoms with Crippen LogP contribution in [0.3, 0.4) is 0 Å². The molecule has 1 aliphatic heterocycles. The maximum atomic E-state index is 12.3. The second-order valence-corrected chi connectivity index (χ2v) is 4.49. The van der Waals surface area contributed by atoms with E-state index in [1.165, 1.54) is 0 Å². The minimum atomic E-state index is -0.742. The summed E-state index contributed by atoms with van der Waals surface area (Å²) < 4.78 is 0. The zero-order chi connectivity index (χ0) is 13.1. The first-order valence-electron chi connectivity index (χ1n) is 6.21. The summed E-state index contributed by atoms with van der Waals surface area (Å²) in [7, 11) is 0. The molecule has 2 nitrogen and oxygen atoms in total. The third-order valence-corrected chi connectivity index (χ3v) is 3.41. The Balaban J connectivity index is 2.19. The predicted molar refractivity (Wildman–Crippen MR) is 77.8 cm³/mol. The first kappa shape index (κ1) is 11.6. The van der Waals surface area contributed by atoms with Crippen molar-refractivity contribution >= 4 is 12.1 Å². The van der Waals surface area contributed by atoms with E-state index in [0.29, 0.717) is 0 Å². The zero-order valence-electron chi connectivity index (χ0n) is 10.4. The van der Waals surface area contributed by atoms with Gasteiger partial charge in [0.05, 0.1) is 0 Å². The van der Waals surface area contributed by atoms with Crippen LogP contribution in [-0.4, -0.2) is 12.1 Å². The van der Waals surface area contributed by atoms with Crippen LogP contribution in [0.25, 0.3) is 0 Å². The highest BCUT2D eigenvalue weighted by Gasteiger charge is 2.45. The second-order valence-electron chi connectivity index (χ2n) is 4.49. The largest absolute Gasteiger partial charge is 0.271 e. The van der Waals surface area contributed by atoms with E-state index < -0.39 is 5.41 Å². The quantitative estimate of drug-likeness (QED) is 0.646. The molecule has 1 spiro atoms. The fourth-order valence-corrected chi connectivity index (χ4v) is 2.44. The molecule has 3 aliphatic rings. The van der Waals surface area contributed by atoms with E-state index in [9.17, 15) is 4.79 Å². The molecule has 0 saturated carbocycles. The Bertz CT molecular complexity index is 651. The van der Waals surface area contributed by atoms with Crippen LogP contribution in [0.15, 0.2) is 89.1 Å². The maximum Gasteiger partial charge on any atom is 0.264 e. The number of aliphatic imine (C=N–C) groups is 1. The number of carbonyl (C=O) groups is 1. The Morgan fingerprint density at radius 1 is 0.789 bits per heavy atom. The van der Waals surface area contributed by atoms with Gasteiger partial charge in [0.2, 0.25) is 0 Å². The molecule has 0 aromatic carbocycles. The number of allylic oxidation sites excluding steroid dienone is 11. The van der Waals surface area contributed by atoms with Gasteiger partial charge in [0, 0.05) is 6.21 Å². The first-order valence-corrected chi connectivity index (χ1v) is 6.21. The van der Waals surface area contributed by atoms with E-state index in [2.05, 4.69) is 4.99 Å². The van der Waals surface area contributed by atoms with Crippen molar-refractivity contribution < 1.29 is 4.79 Å². The molecule has 1 amide bonds. The average molecular weight is 247 g/mol. The van der Waals surface area contributed by atoms with Crippen LogP contribution >= 0.6 is 0 Å². The molecule has 0 aromatic rings. The smallest absolute Gasteiger partial charge is 0.264 e. The van der Waals surface area contributed by atoms with Gasteiger partial charge in [-0.25, -0.2) is 4.99 Å². The van der Waals surface area contributed by atoms with Crippen molar-refractivity contribution in [3.63, 3.8) is 0 Å². The van der Waals surface area contributed by atoms with Crippen LogP contribution in [-0.2, 0) is 4.79 Å². The average Bonchev–Trinajstić information content (AvgIpc) is 2.72. The molecular formula is C17H13NO. The van der Waals surface area contributed by atoms with Crippen LogP contribution < -0.4 is 0 Å². The Morgan fingerprint density at radius 3 is 2.32 bits per heavy atom. The lowest BCUT2D eigenvalue weighted by Crippen LogP contribution is -2.29. The van der Waals surface area contributed by atoms with E-state index in [0.717, 1.165) is 11.1 Å². The van der Waals surface area contributed by atoms with E-state index in [1.807, 2.05) is 72.9 Å². The molecule has 0 saturated heterocycles. The molecule has 1 heterocycles. The topological polar surface area (TPSA) is 29.4 Å². The second kappa shape index (κ2) is 4.65. The van der Waals surface area contributed by atoms with E-state index in [1.54, 1.807) is 6.21 Å². The first-order chi connectivity index (χ1) is 9.34. The van der Waals surface area contributed by atoms with Crippen LogP contribution in [0.2, 0.25) is 0 Å². The molecule has 0 fully saturated rings. The minimum Gasteiger partial charge on any atom is -0.271 e. The molecule has 0 bridgehead atoms. The Morgan fingerprint density at radius 2 is 1.47 bits per heavy atom. The fourth-order valence-electron chi connectivity index (χ4n) is 2.44. The third-order valence-electron chi connectivity index (χ3n) is 3.41. The summed E-state index contributed by atoms with van der Waals surface area (Å²) in [6, 6.07) is 0. The predicted octanol–water partition coefficient (Wildman–Crippen LogP) is 3.24. The van der Waals surface area contributed by atoms with Gasteiger partial charge < -0.3 is 0 Å². The molecule has 0 N–H and O–H groups in total. The van der Waals surface area contributed by atoms with Gasteiger partial charge in [-0.05, 0) is 11.1 Å². The van der Waals surface area contributed by atoms with Crippen molar-refractivity contribution in [2.75, 3.05) is 0 Å². The van der Waals surface area contributed by atoms with E-state index in [-0.39, 0.29) is 5.91 Å². The van der Waals surface area contributed by atoms with Gasteiger partial charge in [0.25, 0.3) is 5.91 Å².